The van der Waals surface area contributed by atoms with Gasteiger partial charge in [0, 0.05) is 16.5 Å². The molecule has 21 heavy (non-hydrogen) atoms. The number of aliphatic hydroxyl groups is 2. The van der Waals surface area contributed by atoms with Crippen molar-refractivity contribution in [3.05, 3.63) is 0 Å². The van der Waals surface area contributed by atoms with Gasteiger partial charge in [0.05, 0.1) is 0 Å². The molecular formula is C8H10N6NiO6. The van der Waals surface area contributed by atoms with Crippen LogP contribution >= 0.6 is 0 Å². The van der Waals surface area contributed by atoms with Crippen LogP contribution in [0.5, 0.6) is 0 Å². The number of aliphatic hydroxyl groups excluding tert-OH is 2. The third kappa shape index (κ3) is 3.71. The second-order valence-corrected chi connectivity index (χ2v) is 3.94. The van der Waals surface area contributed by atoms with E-state index in [1.165, 1.54) is 0 Å². The number of amides is 6. The molecule has 2 fully saturated rings. The summed E-state index contributed by atoms with van der Waals surface area (Å²) in [6.07, 6.45) is -3.23. The maximum Gasteiger partial charge on any atom is 0.323 e. The van der Waals surface area contributed by atoms with Crippen LogP contribution in [0.3, 0.4) is 0 Å². The van der Waals surface area contributed by atoms with Crippen LogP contribution in [0.1, 0.15) is 0 Å². The molecular weight excluding hydrogens is 335 g/mol. The van der Waals surface area contributed by atoms with Gasteiger partial charge < -0.3 is 20.8 Å². The second-order valence-electron chi connectivity index (χ2n) is 3.94. The fourth-order valence-electron chi connectivity index (χ4n) is 1.53. The molecule has 6 amide bonds. The summed E-state index contributed by atoms with van der Waals surface area (Å²) in [5.41, 5.74) is 0. The Kier molecular flexibility index (Phi) is 5.30. The Balaban J connectivity index is 0.00000220. The zero-order chi connectivity index (χ0) is 14.9. The van der Waals surface area contributed by atoms with Crippen molar-refractivity contribution in [2.45, 2.75) is 24.5 Å². The van der Waals surface area contributed by atoms with Gasteiger partial charge in [-0.3, -0.25) is 20.2 Å². The molecule has 2 saturated heterocycles. The van der Waals surface area contributed by atoms with Crippen LogP contribution in [0.25, 0.3) is 0 Å². The molecule has 0 saturated carbocycles. The number of hydrogen-bond donors (Lipinski definition) is 6. The number of hydrogen-bond acceptors (Lipinski definition) is 8. The molecule has 0 aromatic heterocycles. The molecule has 0 aromatic carbocycles. The predicted molar refractivity (Wildman–Crippen MR) is 57.8 cm³/mol. The van der Waals surface area contributed by atoms with Crippen molar-refractivity contribution in [2.75, 3.05) is 0 Å². The number of carbonyl (C=O) groups excluding carboxylic acids is 4. The van der Waals surface area contributed by atoms with Crippen LogP contribution < -0.4 is 21.3 Å². The van der Waals surface area contributed by atoms with Gasteiger partial charge in [-0.25, -0.2) is 9.59 Å². The van der Waals surface area contributed by atoms with E-state index in [9.17, 15) is 29.4 Å². The molecule has 2 heterocycles. The van der Waals surface area contributed by atoms with E-state index in [4.69, 9.17) is 0 Å². The van der Waals surface area contributed by atoms with Gasteiger partial charge in [0.25, 0.3) is 11.8 Å². The van der Waals surface area contributed by atoms with Gasteiger partial charge in [0.1, 0.15) is 0 Å². The summed E-state index contributed by atoms with van der Waals surface area (Å²) in [6, 6.07) is -4.72. The molecule has 4 unspecified atom stereocenters. The number of nitrogens with one attached hydrogen (secondary N) is 4. The minimum atomic E-state index is -1.61. The van der Waals surface area contributed by atoms with Gasteiger partial charge in [-0.1, -0.05) is 0 Å². The largest absolute Gasteiger partial charge is 0.371 e. The summed E-state index contributed by atoms with van der Waals surface area (Å²) in [4.78, 5) is 44.5. The molecule has 12 nitrogen and oxygen atoms in total. The normalized spacial score (nSPS) is 32.7. The van der Waals surface area contributed by atoms with Crippen molar-refractivity contribution in [1.82, 2.24) is 21.3 Å². The summed E-state index contributed by atoms with van der Waals surface area (Å²) in [5, 5.41) is 33.3. The zero-order valence-corrected chi connectivity index (χ0v) is 11.0. The first kappa shape index (κ1) is 16.9. The van der Waals surface area contributed by atoms with Crippen LogP contribution in [0.2, 0.25) is 0 Å². The first-order valence-electron chi connectivity index (χ1n) is 5.37. The van der Waals surface area contributed by atoms with Gasteiger partial charge in [0.15, 0.2) is 24.5 Å². The average Bonchev–Trinajstić information content (AvgIpc) is 2.30. The summed E-state index contributed by atoms with van der Waals surface area (Å²) in [5.74, 6) is -1.83. The van der Waals surface area contributed by atoms with E-state index >= 15 is 0 Å². The van der Waals surface area contributed by atoms with Crippen LogP contribution in [-0.4, -0.2) is 58.6 Å². The monoisotopic (exact) mass is 344 g/mol. The van der Waals surface area contributed by atoms with E-state index < -0.39 is 48.4 Å². The van der Waals surface area contributed by atoms with E-state index in [1.807, 2.05) is 21.3 Å². The summed E-state index contributed by atoms with van der Waals surface area (Å²) in [6.45, 7) is 0. The number of rotatable bonds is 2. The fourth-order valence-corrected chi connectivity index (χ4v) is 1.53. The van der Waals surface area contributed by atoms with Crippen LogP contribution in [0.15, 0.2) is 10.2 Å². The molecule has 6 N–H and O–H groups in total. The Morgan fingerprint density at radius 2 is 1.10 bits per heavy atom. The van der Waals surface area contributed by atoms with Crippen molar-refractivity contribution in [1.29, 1.82) is 0 Å². The summed E-state index contributed by atoms with van der Waals surface area (Å²) in [7, 11) is 0. The van der Waals surface area contributed by atoms with E-state index in [2.05, 4.69) is 10.2 Å². The molecule has 0 bridgehead atoms. The number of urea groups is 2. The molecule has 2 aliphatic heterocycles. The second kappa shape index (κ2) is 6.56. The quantitative estimate of drug-likeness (QED) is 0.223. The Hall–Kier alpha value is -2.11. The predicted octanol–water partition coefficient (Wildman–Crippen LogP) is -3.51. The molecule has 13 heteroatoms. The maximum atomic E-state index is 11.4. The molecule has 118 valence electrons. The van der Waals surface area contributed by atoms with Gasteiger partial charge in [0.2, 0.25) is 0 Å². The number of carbonyl (C=O) groups is 4. The number of azo groups is 1. The third-order valence-electron chi connectivity index (χ3n) is 2.48. The van der Waals surface area contributed by atoms with Crippen molar-refractivity contribution in [3.63, 3.8) is 0 Å². The molecule has 0 radical (unpaired) electrons. The minimum absolute atomic E-state index is 0. The Morgan fingerprint density at radius 3 is 1.38 bits per heavy atom. The smallest absolute Gasteiger partial charge is 0.323 e. The SMILES string of the molecule is O=C1NC(=O)C(N=NC2C(=O)NC(=O)NC2O)C(O)N1.[Ni]. The molecule has 2 rings (SSSR count). The van der Waals surface area contributed by atoms with Crippen molar-refractivity contribution >= 4 is 23.9 Å². The fraction of sp³-hybridized carbons (Fsp3) is 0.500. The molecule has 4 atom stereocenters. The van der Waals surface area contributed by atoms with Crippen LogP contribution in [0, 0.1) is 0 Å². The van der Waals surface area contributed by atoms with E-state index in [-0.39, 0.29) is 16.5 Å². The average molecular weight is 345 g/mol. The van der Waals surface area contributed by atoms with E-state index in [1.54, 1.807) is 0 Å². The standard InChI is InChI=1S/C8H10N6O6.Ni/c15-3-1(4(16)10-7(19)9-3)13-14-2-5(17)11-8(20)12-6(2)18;/h1-3,5,15,17H,(H2,9,10,16,19)(H2,11,12,18,20);. The summed E-state index contributed by atoms with van der Waals surface area (Å²) < 4.78 is 0. The first-order chi connectivity index (χ1) is 9.38. The van der Waals surface area contributed by atoms with Crippen LogP contribution in [-0.2, 0) is 26.1 Å². The van der Waals surface area contributed by atoms with Gasteiger partial charge >= 0.3 is 12.1 Å². The van der Waals surface area contributed by atoms with Gasteiger partial charge in [-0.15, -0.1) is 0 Å². The number of nitrogens with zero attached hydrogens (tertiary/aromatic N) is 2. The van der Waals surface area contributed by atoms with Crippen molar-refractivity contribution in [2.24, 2.45) is 10.2 Å². The van der Waals surface area contributed by atoms with E-state index in [0.29, 0.717) is 0 Å². The van der Waals surface area contributed by atoms with Crippen molar-refractivity contribution in [3.8, 4) is 0 Å². The van der Waals surface area contributed by atoms with Crippen LogP contribution in [0.4, 0.5) is 9.59 Å². The third-order valence-corrected chi connectivity index (χ3v) is 2.48. The molecule has 0 aromatic rings. The van der Waals surface area contributed by atoms with Gasteiger partial charge in [-0.2, -0.15) is 10.2 Å². The van der Waals surface area contributed by atoms with Crippen molar-refractivity contribution < 1.29 is 45.9 Å². The molecule has 0 aliphatic carbocycles. The Bertz CT molecular complexity index is 467. The Labute approximate surface area is 126 Å². The topological polar surface area (TPSA) is 182 Å². The summed E-state index contributed by atoms with van der Waals surface area (Å²) >= 11 is 0. The molecule has 0 spiro atoms. The first-order valence-corrected chi connectivity index (χ1v) is 5.37. The van der Waals surface area contributed by atoms with Gasteiger partial charge in [-0.05, 0) is 0 Å². The minimum Gasteiger partial charge on any atom is -0.371 e. The molecule has 2 aliphatic rings. The van der Waals surface area contributed by atoms with E-state index in [0.717, 1.165) is 0 Å². The zero-order valence-electron chi connectivity index (χ0n) is 10.0. The number of imide groups is 2. The Morgan fingerprint density at radius 1 is 0.762 bits per heavy atom. The maximum absolute atomic E-state index is 11.4.